The van der Waals surface area contributed by atoms with E-state index in [0.717, 1.165) is 42.8 Å². The van der Waals surface area contributed by atoms with Crippen LogP contribution >= 0.6 is 0 Å². The Bertz CT molecular complexity index is 1510. The third-order valence-electron chi connectivity index (χ3n) is 8.19. The van der Waals surface area contributed by atoms with E-state index in [1.165, 1.54) is 40.2 Å². The molecule has 1 aromatic heterocycles. The van der Waals surface area contributed by atoms with Gasteiger partial charge in [-0.15, -0.1) is 0 Å². The lowest BCUT2D eigenvalue weighted by Crippen LogP contribution is -2.35. The lowest BCUT2D eigenvalue weighted by Gasteiger charge is -2.35. The topological polar surface area (TPSA) is 32.9 Å². The van der Waals surface area contributed by atoms with Crippen molar-refractivity contribution in [3.8, 4) is 5.69 Å². The molecule has 4 nitrogen and oxygen atoms in total. The van der Waals surface area contributed by atoms with Gasteiger partial charge in [0.05, 0.1) is 5.70 Å². The molecule has 0 aliphatic carbocycles. The zero-order valence-corrected chi connectivity index (χ0v) is 24.3. The average molecular weight is 529 g/mol. The molecule has 0 saturated carbocycles. The molecule has 204 valence electrons. The largest absolute Gasteiger partial charge is 0.316 e. The van der Waals surface area contributed by atoms with E-state index in [0.29, 0.717) is 11.9 Å². The minimum Gasteiger partial charge on any atom is -0.316 e. The quantitative estimate of drug-likeness (QED) is 0.168. The first kappa shape index (κ1) is 27.5. The van der Waals surface area contributed by atoms with E-state index in [9.17, 15) is 0 Å². The first-order valence-electron chi connectivity index (χ1n) is 14.4. The summed E-state index contributed by atoms with van der Waals surface area (Å²) in [5, 5.41) is 0. The van der Waals surface area contributed by atoms with Crippen LogP contribution < -0.4 is 0 Å². The van der Waals surface area contributed by atoms with E-state index < -0.39 is 0 Å². The number of aliphatic imine (C=N–C) groups is 2. The molecule has 1 aliphatic heterocycles. The minimum absolute atomic E-state index is 0.397. The van der Waals surface area contributed by atoms with Crippen LogP contribution in [0.4, 0.5) is 0 Å². The van der Waals surface area contributed by atoms with Crippen molar-refractivity contribution in [2.75, 3.05) is 13.1 Å². The number of hydrogen-bond donors (Lipinski definition) is 0. The summed E-state index contributed by atoms with van der Waals surface area (Å²) in [6.45, 7) is 15.3. The molecule has 1 unspecified atom stereocenters. The summed E-state index contributed by atoms with van der Waals surface area (Å²) in [6, 6.07) is 29.8. The highest BCUT2D eigenvalue weighted by Crippen LogP contribution is 2.37. The SMILES string of the molecule is C=NC(=N/C(=C\Cc1ccccc1)c1ccc(-n2c(C)c(C)c3c2C(C)N(CCC)CC3)cc1)c1ccccc1. The van der Waals surface area contributed by atoms with Crippen molar-refractivity contribution < 1.29 is 0 Å². The van der Waals surface area contributed by atoms with Crippen molar-refractivity contribution in [1.82, 2.24) is 9.47 Å². The van der Waals surface area contributed by atoms with E-state index in [-0.39, 0.29) is 0 Å². The van der Waals surface area contributed by atoms with Gasteiger partial charge in [-0.2, -0.15) is 0 Å². The minimum atomic E-state index is 0.397. The molecule has 0 spiro atoms. The summed E-state index contributed by atoms with van der Waals surface area (Å²) in [5.74, 6) is 0.625. The van der Waals surface area contributed by atoms with Crippen LogP contribution in [-0.2, 0) is 12.8 Å². The van der Waals surface area contributed by atoms with Gasteiger partial charge in [0, 0.05) is 40.8 Å². The molecule has 1 atom stereocenters. The lowest BCUT2D eigenvalue weighted by molar-refractivity contribution is 0.193. The molecule has 5 rings (SSSR count). The van der Waals surface area contributed by atoms with E-state index in [1.807, 2.05) is 36.4 Å². The molecule has 0 bridgehead atoms. The van der Waals surface area contributed by atoms with E-state index in [4.69, 9.17) is 4.99 Å². The number of nitrogens with zero attached hydrogens (tertiary/aromatic N) is 4. The summed E-state index contributed by atoms with van der Waals surface area (Å²) < 4.78 is 2.48. The van der Waals surface area contributed by atoms with Gasteiger partial charge in [0.1, 0.15) is 0 Å². The van der Waals surface area contributed by atoms with Crippen molar-refractivity contribution in [3.63, 3.8) is 0 Å². The molecule has 4 heteroatoms. The Labute approximate surface area is 239 Å². The summed E-state index contributed by atoms with van der Waals surface area (Å²) in [6.07, 6.45) is 5.27. The van der Waals surface area contributed by atoms with Crippen molar-refractivity contribution in [1.29, 1.82) is 0 Å². The molecule has 0 saturated heterocycles. The summed E-state index contributed by atoms with van der Waals surface area (Å²) in [4.78, 5) is 11.9. The number of hydrogen-bond acceptors (Lipinski definition) is 2. The van der Waals surface area contributed by atoms with Crippen LogP contribution in [-0.4, -0.2) is 35.1 Å². The fourth-order valence-corrected chi connectivity index (χ4v) is 5.93. The molecule has 0 fully saturated rings. The van der Waals surface area contributed by atoms with Crippen molar-refractivity contribution in [2.45, 2.75) is 53.0 Å². The summed E-state index contributed by atoms with van der Waals surface area (Å²) >= 11 is 0. The fraction of sp³-hybridized carbons (Fsp3) is 0.278. The average Bonchev–Trinajstić information content (AvgIpc) is 3.26. The van der Waals surface area contributed by atoms with Gasteiger partial charge in [0.25, 0.3) is 0 Å². The lowest BCUT2D eigenvalue weighted by atomic mass is 9.97. The molecular weight excluding hydrogens is 488 g/mol. The maximum Gasteiger partial charge on any atom is 0.159 e. The third-order valence-corrected chi connectivity index (χ3v) is 8.19. The van der Waals surface area contributed by atoms with Gasteiger partial charge in [-0.1, -0.05) is 85.8 Å². The normalized spacial score (nSPS) is 16.1. The van der Waals surface area contributed by atoms with Gasteiger partial charge in [-0.3, -0.25) is 4.90 Å². The van der Waals surface area contributed by atoms with Crippen LogP contribution in [0.3, 0.4) is 0 Å². The van der Waals surface area contributed by atoms with Crippen LogP contribution in [0.1, 0.15) is 65.5 Å². The molecule has 0 amide bonds. The van der Waals surface area contributed by atoms with Crippen LogP contribution in [0.15, 0.2) is 101 Å². The van der Waals surface area contributed by atoms with Crippen LogP contribution in [0.2, 0.25) is 0 Å². The molecule has 4 aromatic rings. The highest BCUT2D eigenvalue weighted by Gasteiger charge is 2.30. The van der Waals surface area contributed by atoms with Gasteiger partial charge in [-0.05, 0) is 82.1 Å². The monoisotopic (exact) mass is 528 g/mol. The zero-order valence-electron chi connectivity index (χ0n) is 24.3. The highest BCUT2D eigenvalue weighted by molar-refractivity contribution is 6.04. The van der Waals surface area contributed by atoms with Crippen LogP contribution in [0, 0.1) is 13.8 Å². The molecule has 1 aliphatic rings. The van der Waals surface area contributed by atoms with Crippen LogP contribution in [0.5, 0.6) is 0 Å². The Morgan fingerprint density at radius 3 is 2.25 bits per heavy atom. The molecular formula is C36H40N4. The van der Waals surface area contributed by atoms with Crippen molar-refractivity contribution >= 4 is 18.3 Å². The molecule has 3 aromatic carbocycles. The van der Waals surface area contributed by atoms with E-state index >= 15 is 0 Å². The number of amidine groups is 1. The Hall–Kier alpha value is -4.02. The summed E-state index contributed by atoms with van der Waals surface area (Å²) in [7, 11) is 0. The number of allylic oxidation sites excluding steroid dienone is 1. The van der Waals surface area contributed by atoms with Gasteiger partial charge < -0.3 is 4.57 Å². The second-order valence-electron chi connectivity index (χ2n) is 10.7. The maximum absolute atomic E-state index is 5.02. The Balaban J connectivity index is 1.54. The van der Waals surface area contributed by atoms with Crippen molar-refractivity contribution in [3.05, 3.63) is 130 Å². The first-order valence-corrected chi connectivity index (χ1v) is 14.4. The predicted octanol–water partition coefficient (Wildman–Crippen LogP) is 8.15. The maximum atomic E-state index is 5.02. The van der Waals surface area contributed by atoms with E-state index in [2.05, 4.69) is 103 Å². The number of aromatic nitrogens is 1. The molecule has 40 heavy (non-hydrogen) atoms. The van der Waals surface area contributed by atoms with Gasteiger partial charge >= 0.3 is 0 Å². The Morgan fingerprint density at radius 1 is 0.925 bits per heavy atom. The first-order chi connectivity index (χ1) is 19.5. The summed E-state index contributed by atoms with van der Waals surface area (Å²) in [5.41, 5.74) is 11.1. The van der Waals surface area contributed by atoms with Gasteiger partial charge in [-0.25, -0.2) is 9.98 Å². The smallest absolute Gasteiger partial charge is 0.159 e. The number of benzene rings is 3. The predicted molar refractivity (Wildman–Crippen MR) is 170 cm³/mol. The number of fused-ring (bicyclic) bond motifs is 1. The second kappa shape index (κ2) is 12.4. The molecule has 0 radical (unpaired) electrons. The molecule has 2 heterocycles. The fourth-order valence-electron chi connectivity index (χ4n) is 5.93. The molecule has 0 N–H and O–H groups in total. The highest BCUT2D eigenvalue weighted by atomic mass is 15.2. The Morgan fingerprint density at radius 2 is 1.60 bits per heavy atom. The van der Waals surface area contributed by atoms with Gasteiger partial charge in [0.2, 0.25) is 0 Å². The third kappa shape index (κ3) is 5.64. The van der Waals surface area contributed by atoms with Crippen molar-refractivity contribution in [2.24, 2.45) is 9.98 Å². The van der Waals surface area contributed by atoms with Crippen LogP contribution in [0.25, 0.3) is 11.4 Å². The second-order valence-corrected chi connectivity index (χ2v) is 10.7. The zero-order chi connectivity index (χ0) is 28.1. The Kier molecular flexibility index (Phi) is 8.57. The van der Waals surface area contributed by atoms with Gasteiger partial charge in [0.15, 0.2) is 5.84 Å². The standard InChI is InChI=1S/C36H40N4/c1-6-24-39-25-23-33-26(2)27(3)40(35(33)28(39)4)32-20-18-30(19-21-32)34(22-17-29-13-9-7-10-14-29)38-36(37-5)31-15-11-8-12-16-31/h7-16,18-22,28H,5-6,17,23-25H2,1-4H3/b34-22-,38-36?. The van der Waals surface area contributed by atoms with E-state index in [1.54, 1.807) is 0 Å². The number of rotatable bonds is 8.